The first kappa shape index (κ1) is 9.71. The highest BCUT2D eigenvalue weighted by Crippen LogP contribution is 2.41. The highest BCUT2D eigenvalue weighted by Gasteiger charge is 2.37. The lowest BCUT2D eigenvalue weighted by Gasteiger charge is -2.20. The van der Waals surface area contributed by atoms with Crippen molar-refractivity contribution >= 4 is 0 Å². The molecule has 0 aliphatic heterocycles. The fourth-order valence-electron chi connectivity index (χ4n) is 2.30. The van der Waals surface area contributed by atoms with Gasteiger partial charge < -0.3 is 5.11 Å². The summed E-state index contributed by atoms with van der Waals surface area (Å²) in [5, 5.41) is 14.6. The first-order valence-electron chi connectivity index (χ1n) is 5.39. The van der Waals surface area contributed by atoms with Gasteiger partial charge in [0.1, 0.15) is 0 Å². The molecule has 0 bridgehead atoms. The zero-order valence-electron chi connectivity index (χ0n) is 8.90. The normalized spacial score (nSPS) is 32.4. The molecular weight excluding hydrogens is 176 g/mol. The molecule has 0 radical (unpaired) electrons. The molecule has 0 amide bonds. The molecule has 1 heterocycles. The summed E-state index contributed by atoms with van der Waals surface area (Å²) in [7, 11) is 0. The Morgan fingerprint density at radius 1 is 1.71 bits per heavy atom. The van der Waals surface area contributed by atoms with E-state index in [0.717, 1.165) is 31.4 Å². The summed E-state index contributed by atoms with van der Waals surface area (Å²) in [6.07, 6.45) is 6.65. The molecule has 1 fully saturated rings. The molecule has 2 unspecified atom stereocenters. The summed E-state index contributed by atoms with van der Waals surface area (Å²) in [5.74, 6) is 0.630. The van der Waals surface area contributed by atoms with Gasteiger partial charge in [0.15, 0.2) is 0 Å². The molecule has 1 aliphatic rings. The van der Waals surface area contributed by atoms with Gasteiger partial charge in [-0.2, -0.15) is 5.10 Å². The molecule has 2 rings (SSSR count). The Kier molecular flexibility index (Phi) is 2.35. The van der Waals surface area contributed by atoms with E-state index >= 15 is 0 Å². The topological polar surface area (TPSA) is 38.0 Å². The highest BCUT2D eigenvalue weighted by atomic mass is 16.3. The lowest BCUT2D eigenvalue weighted by Crippen LogP contribution is -2.20. The fourth-order valence-corrected chi connectivity index (χ4v) is 2.30. The van der Waals surface area contributed by atoms with Gasteiger partial charge in [0.25, 0.3) is 0 Å². The summed E-state index contributed by atoms with van der Waals surface area (Å²) in [6.45, 7) is 5.12. The minimum absolute atomic E-state index is 0.604. The summed E-state index contributed by atoms with van der Waals surface area (Å²) in [5.41, 5.74) is 0.385. The number of aryl methyl sites for hydroxylation is 1. The van der Waals surface area contributed by atoms with Crippen LogP contribution in [0.2, 0.25) is 0 Å². The lowest BCUT2D eigenvalue weighted by atomic mass is 9.94. The molecule has 1 aromatic heterocycles. The molecule has 3 heteroatoms. The third kappa shape index (κ3) is 1.57. The van der Waals surface area contributed by atoms with Crippen molar-refractivity contribution in [2.75, 3.05) is 0 Å². The molecule has 78 valence electrons. The van der Waals surface area contributed by atoms with Crippen molar-refractivity contribution in [3.8, 4) is 0 Å². The van der Waals surface area contributed by atoms with E-state index in [2.05, 4.69) is 18.9 Å². The van der Waals surface area contributed by atoms with Crippen molar-refractivity contribution in [3.63, 3.8) is 0 Å². The van der Waals surface area contributed by atoms with Crippen molar-refractivity contribution in [2.24, 2.45) is 5.92 Å². The van der Waals surface area contributed by atoms with Crippen LogP contribution in [0.3, 0.4) is 0 Å². The second-order valence-corrected chi connectivity index (χ2v) is 4.46. The molecule has 2 atom stereocenters. The van der Waals surface area contributed by atoms with Crippen LogP contribution in [-0.2, 0) is 12.1 Å². The zero-order valence-corrected chi connectivity index (χ0v) is 8.90. The Balaban J connectivity index is 2.21. The Hall–Kier alpha value is -0.830. The second kappa shape index (κ2) is 3.39. The minimum Gasteiger partial charge on any atom is -0.385 e. The molecule has 14 heavy (non-hydrogen) atoms. The zero-order chi connectivity index (χ0) is 10.2. The Morgan fingerprint density at radius 2 is 2.50 bits per heavy atom. The molecule has 0 saturated heterocycles. The quantitative estimate of drug-likeness (QED) is 0.781. The fraction of sp³-hybridized carbons (Fsp3) is 0.727. The van der Waals surface area contributed by atoms with Gasteiger partial charge in [0.2, 0.25) is 0 Å². The van der Waals surface area contributed by atoms with Crippen LogP contribution in [0.5, 0.6) is 0 Å². The summed E-state index contributed by atoms with van der Waals surface area (Å²) >= 11 is 0. The molecular formula is C11H18N2O. The van der Waals surface area contributed by atoms with Crippen LogP contribution >= 0.6 is 0 Å². The molecule has 0 aromatic carbocycles. The van der Waals surface area contributed by atoms with Crippen LogP contribution in [0, 0.1) is 5.92 Å². The van der Waals surface area contributed by atoms with E-state index in [4.69, 9.17) is 0 Å². The van der Waals surface area contributed by atoms with Crippen molar-refractivity contribution in [1.82, 2.24) is 9.78 Å². The van der Waals surface area contributed by atoms with Gasteiger partial charge in [0, 0.05) is 18.3 Å². The number of rotatable bonds is 2. The number of aliphatic hydroxyl groups is 1. The highest BCUT2D eigenvalue weighted by molar-refractivity contribution is 5.17. The predicted molar refractivity (Wildman–Crippen MR) is 54.8 cm³/mol. The second-order valence-electron chi connectivity index (χ2n) is 4.46. The average molecular weight is 194 g/mol. The van der Waals surface area contributed by atoms with E-state index in [1.165, 1.54) is 0 Å². The van der Waals surface area contributed by atoms with E-state index in [1.807, 2.05) is 17.1 Å². The van der Waals surface area contributed by atoms with Gasteiger partial charge in [-0.1, -0.05) is 6.92 Å². The van der Waals surface area contributed by atoms with Crippen LogP contribution in [0.1, 0.15) is 38.7 Å². The first-order chi connectivity index (χ1) is 6.64. The lowest BCUT2D eigenvalue weighted by molar-refractivity contribution is 0.0407. The third-order valence-corrected chi connectivity index (χ3v) is 3.23. The van der Waals surface area contributed by atoms with Gasteiger partial charge in [0.05, 0.1) is 11.8 Å². The summed E-state index contributed by atoms with van der Waals surface area (Å²) in [6, 6.07) is 0. The molecule has 1 aromatic rings. The monoisotopic (exact) mass is 194 g/mol. The van der Waals surface area contributed by atoms with Crippen LogP contribution < -0.4 is 0 Å². The first-order valence-corrected chi connectivity index (χ1v) is 5.39. The van der Waals surface area contributed by atoms with E-state index in [1.54, 1.807) is 0 Å². The Bertz CT molecular complexity index is 321. The van der Waals surface area contributed by atoms with Crippen molar-refractivity contribution in [2.45, 2.75) is 45.3 Å². The van der Waals surface area contributed by atoms with Crippen molar-refractivity contribution in [1.29, 1.82) is 0 Å². The number of hydrogen-bond donors (Lipinski definition) is 1. The molecule has 1 saturated carbocycles. The van der Waals surface area contributed by atoms with E-state index in [-0.39, 0.29) is 0 Å². The van der Waals surface area contributed by atoms with Gasteiger partial charge in [-0.3, -0.25) is 4.68 Å². The number of hydrogen-bond acceptors (Lipinski definition) is 2. The average Bonchev–Trinajstić information content (AvgIpc) is 2.73. The standard InChI is InChI=1S/C11H18N2O/c1-3-13-8-10(7-12-13)11(14)5-4-9(2)6-11/h7-9,14H,3-6H2,1-2H3. The maximum Gasteiger partial charge on any atom is 0.0929 e. The van der Waals surface area contributed by atoms with Gasteiger partial charge in [-0.05, 0) is 32.1 Å². The Labute approximate surface area is 84.7 Å². The van der Waals surface area contributed by atoms with E-state index < -0.39 is 5.60 Å². The summed E-state index contributed by atoms with van der Waals surface area (Å²) < 4.78 is 1.87. The molecule has 0 spiro atoms. The van der Waals surface area contributed by atoms with Crippen molar-refractivity contribution < 1.29 is 5.11 Å². The number of aromatic nitrogens is 2. The minimum atomic E-state index is -0.604. The van der Waals surface area contributed by atoms with Crippen LogP contribution in [0.4, 0.5) is 0 Å². The van der Waals surface area contributed by atoms with Crippen LogP contribution in [-0.4, -0.2) is 14.9 Å². The summed E-state index contributed by atoms with van der Waals surface area (Å²) in [4.78, 5) is 0. The largest absolute Gasteiger partial charge is 0.385 e. The van der Waals surface area contributed by atoms with E-state index in [9.17, 15) is 5.11 Å². The molecule has 3 nitrogen and oxygen atoms in total. The van der Waals surface area contributed by atoms with E-state index in [0.29, 0.717) is 5.92 Å². The van der Waals surface area contributed by atoms with Gasteiger partial charge in [-0.15, -0.1) is 0 Å². The SMILES string of the molecule is CCn1cc(C2(O)CCC(C)C2)cn1. The molecule has 1 aliphatic carbocycles. The third-order valence-electron chi connectivity index (χ3n) is 3.23. The van der Waals surface area contributed by atoms with Crippen LogP contribution in [0.15, 0.2) is 12.4 Å². The van der Waals surface area contributed by atoms with Crippen LogP contribution in [0.25, 0.3) is 0 Å². The molecule has 1 N–H and O–H groups in total. The maximum absolute atomic E-state index is 10.4. The maximum atomic E-state index is 10.4. The van der Waals surface area contributed by atoms with Gasteiger partial charge in [-0.25, -0.2) is 0 Å². The number of nitrogens with zero attached hydrogens (tertiary/aromatic N) is 2. The Morgan fingerprint density at radius 3 is 3.00 bits per heavy atom. The van der Waals surface area contributed by atoms with Crippen molar-refractivity contribution in [3.05, 3.63) is 18.0 Å². The predicted octanol–water partition coefficient (Wildman–Crippen LogP) is 1.91. The van der Waals surface area contributed by atoms with Gasteiger partial charge >= 0.3 is 0 Å². The smallest absolute Gasteiger partial charge is 0.0929 e.